The van der Waals surface area contributed by atoms with Crippen LogP contribution in [-0.4, -0.2) is 20.2 Å². The molecule has 1 rings (SSSR count). The zero-order chi connectivity index (χ0) is 10.2. The van der Waals surface area contributed by atoms with Crippen LogP contribution >= 0.6 is 11.6 Å². The van der Waals surface area contributed by atoms with Gasteiger partial charge in [-0.1, -0.05) is 23.8 Å². The maximum Gasteiger partial charge on any atom is 0.119 e. The molecule has 0 amide bonds. The second-order valence-electron chi connectivity index (χ2n) is 2.79. The Morgan fingerprint density at radius 1 is 1.29 bits per heavy atom. The smallest absolute Gasteiger partial charge is 0.119 e. The fraction of sp³-hybridized carbons (Fsp3) is 0.273. The van der Waals surface area contributed by atoms with Crippen molar-refractivity contribution in [3.05, 3.63) is 41.4 Å². The molecule has 0 aliphatic rings. The summed E-state index contributed by atoms with van der Waals surface area (Å²) in [7, 11) is 1.91. The quantitative estimate of drug-likeness (QED) is 0.756. The molecule has 0 spiro atoms. The molecular weight excluding hydrogens is 198 g/mol. The van der Waals surface area contributed by atoms with Crippen molar-refractivity contribution >= 4 is 11.6 Å². The largest absolute Gasteiger partial charge is 0.490 e. The van der Waals surface area contributed by atoms with Crippen LogP contribution in [-0.2, 0) is 0 Å². The van der Waals surface area contributed by atoms with Gasteiger partial charge in [0.2, 0.25) is 0 Å². The molecule has 0 radical (unpaired) electrons. The molecule has 1 N–H and O–H groups in total. The molecule has 2 nitrogen and oxygen atoms in total. The van der Waals surface area contributed by atoms with Gasteiger partial charge in [0.05, 0.1) is 0 Å². The second-order valence-corrected chi connectivity index (χ2v) is 3.23. The molecule has 0 fully saturated rings. The summed E-state index contributed by atoms with van der Waals surface area (Å²) in [5.74, 6) is 0.837. The van der Waals surface area contributed by atoms with Crippen LogP contribution in [0.25, 0.3) is 0 Å². The number of benzene rings is 1. The number of rotatable bonds is 5. The third-order valence-corrected chi connectivity index (χ3v) is 1.90. The van der Waals surface area contributed by atoms with Crippen LogP contribution in [0.5, 0.6) is 5.75 Å². The molecule has 0 aliphatic carbocycles. The standard InChI is InChI=1S/C11H14ClNO/c1-13-8-2-3-9-14-11-6-4-10(12)5-7-11/h2-7,13H,8-9H2,1H3. The van der Waals surface area contributed by atoms with Crippen molar-refractivity contribution in [1.29, 1.82) is 0 Å². The highest BCUT2D eigenvalue weighted by molar-refractivity contribution is 6.30. The van der Waals surface area contributed by atoms with Gasteiger partial charge in [-0.3, -0.25) is 0 Å². The van der Waals surface area contributed by atoms with E-state index in [9.17, 15) is 0 Å². The zero-order valence-electron chi connectivity index (χ0n) is 8.16. The predicted molar refractivity (Wildman–Crippen MR) is 60.0 cm³/mol. The summed E-state index contributed by atoms with van der Waals surface area (Å²) < 4.78 is 5.43. The first-order valence-electron chi connectivity index (χ1n) is 4.51. The molecule has 14 heavy (non-hydrogen) atoms. The number of likely N-dealkylation sites (N-methyl/N-ethyl adjacent to an activating group) is 1. The van der Waals surface area contributed by atoms with E-state index in [0.717, 1.165) is 17.3 Å². The summed E-state index contributed by atoms with van der Waals surface area (Å²) >= 11 is 5.74. The molecule has 0 heterocycles. The lowest BCUT2D eigenvalue weighted by Gasteiger charge is -2.02. The third kappa shape index (κ3) is 4.30. The first-order chi connectivity index (χ1) is 6.83. The lowest BCUT2D eigenvalue weighted by atomic mass is 10.3. The van der Waals surface area contributed by atoms with Gasteiger partial charge in [0.1, 0.15) is 12.4 Å². The maximum absolute atomic E-state index is 5.74. The van der Waals surface area contributed by atoms with Crippen molar-refractivity contribution in [2.75, 3.05) is 20.2 Å². The van der Waals surface area contributed by atoms with Gasteiger partial charge in [0, 0.05) is 11.6 Å². The van der Waals surface area contributed by atoms with Crippen LogP contribution in [0.1, 0.15) is 0 Å². The van der Waals surface area contributed by atoms with Crippen LogP contribution in [0.15, 0.2) is 36.4 Å². The Hall–Kier alpha value is -0.990. The summed E-state index contributed by atoms with van der Waals surface area (Å²) in [5.41, 5.74) is 0. The summed E-state index contributed by atoms with van der Waals surface area (Å²) in [6, 6.07) is 7.34. The first kappa shape index (κ1) is 11.1. The van der Waals surface area contributed by atoms with Crippen molar-refractivity contribution in [2.24, 2.45) is 0 Å². The van der Waals surface area contributed by atoms with Crippen LogP contribution in [0.3, 0.4) is 0 Å². The Labute approximate surface area is 89.5 Å². The normalized spacial score (nSPS) is 10.7. The van der Waals surface area contributed by atoms with E-state index in [1.54, 1.807) is 0 Å². The Kier molecular flexibility index (Phi) is 5.12. The Bertz CT molecular complexity index is 282. The predicted octanol–water partition coefficient (Wildman–Crippen LogP) is 2.49. The van der Waals surface area contributed by atoms with E-state index in [2.05, 4.69) is 5.32 Å². The van der Waals surface area contributed by atoms with Crippen molar-refractivity contribution in [3.63, 3.8) is 0 Å². The lowest BCUT2D eigenvalue weighted by Crippen LogP contribution is -2.04. The van der Waals surface area contributed by atoms with E-state index in [1.165, 1.54) is 0 Å². The zero-order valence-corrected chi connectivity index (χ0v) is 8.92. The van der Waals surface area contributed by atoms with Crippen molar-refractivity contribution in [2.45, 2.75) is 0 Å². The highest BCUT2D eigenvalue weighted by Crippen LogP contribution is 2.15. The Morgan fingerprint density at radius 3 is 2.64 bits per heavy atom. The van der Waals surface area contributed by atoms with E-state index >= 15 is 0 Å². The van der Waals surface area contributed by atoms with E-state index in [-0.39, 0.29) is 0 Å². The fourth-order valence-electron chi connectivity index (χ4n) is 0.944. The molecule has 0 saturated heterocycles. The number of ether oxygens (including phenoxy) is 1. The minimum absolute atomic E-state index is 0.587. The molecule has 1 aromatic carbocycles. The molecular formula is C11H14ClNO. The van der Waals surface area contributed by atoms with Gasteiger partial charge in [-0.2, -0.15) is 0 Å². The summed E-state index contributed by atoms with van der Waals surface area (Å²) in [4.78, 5) is 0. The molecule has 0 unspecified atom stereocenters. The first-order valence-corrected chi connectivity index (χ1v) is 4.88. The minimum Gasteiger partial charge on any atom is -0.490 e. The lowest BCUT2D eigenvalue weighted by molar-refractivity contribution is 0.362. The molecule has 3 heteroatoms. The third-order valence-electron chi connectivity index (χ3n) is 1.65. The molecule has 0 aromatic heterocycles. The SMILES string of the molecule is CNCC=CCOc1ccc(Cl)cc1. The average molecular weight is 212 g/mol. The Morgan fingerprint density at radius 2 is 2.00 bits per heavy atom. The number of nitrogens with one attached hydrogen (secondary N) is 1. The molecule has 76 valence electrons. The topological polar surface area (TPSA) is 21.3 Å². The number of halogens is 1. The highest BCUT2D eigenvalue weighted by atomic mass is 35.5. The summed E-state index contributed by atoms with van der Waals surface area (Å²) in [6.45, 7) is 1.45. The maximum atomic E-state index is 5.74. The van der Waals surface area contributed by atoms with E-state index in [4.69, 9.17) is 16.3 Å². The van der Waals surface area contributed by atoms with E-state index < -0.39 is 0 Å². The number of hydrogen-bond acceptors (Lipinski definition) is 2. The molecule has 0 bridgehead atoms. The van der Waals surface area contributed by atoms with E-state index in [1.807, 2.05) is 43.5 Å². The highest BCUT2D eigenvalue weighted by Gasteiger charge is 1.90. The fourth-order valence-corrected chi connectivity index (χ4v) is 1.07. The van der Waals surface area contributed by atoms with E-state index in [0.29, 0.717) is 6.61 Å². The van der Waals surface area contributed by atoms with Gasteiger partial charge in [-0.25, -0.2) is 0 Å². The van der Waals surface area contributed by atoms with Gasteiger partial charge in [-0.15, -0.1) is 0 Å². The van der Waals surface area contributed by atoms with Crippen LogP contribution in [0, 0.1) is 0 Å². The van der Waals surface area contributed by atoms with Crippen molar-refractivity contribution in [1.82, 2.24) is 5.32 Å². The van der Waals surface area contributed by atoms with Crippen LogP contribution in [0.2, 0.25) is 5.02 Å². The average Bonchev–Trinajstić information content (AvgIpc) is 2.21. The van der Waals surface area contributed by atoms with Gasteiger partial charge in [-0.05, 0) is 31.3 Å². The molecule has 1 aromatic rings. The summed E-state index contributed by atoms with van der Waals surface area (Å²) in [6.07, 6.45) is 4.00. The van der Waals surface area contributed by atoms with Gasteiger partial charge in [0.15, 0.2) is 0 Å². The van der Waals surface area contributed by atoms with Crippen molar-refractivity contribution in [3.8, 4) is 5.75 Å². The van der Waals surface area contributed by atoms with Crippen LogP contribution < -0.4 is 10.1 Å². The van der Waals surface area contributed by atoms with Gasteiger partial charge < -0.3 is 10.1 Å². The van der Waals surface area contributed by atoms with Gasteiger partial charge in [0.25, 0.3) is 0 Å². The molecule has 0 atom stereocenters. The summed E-state index contributed by atoms with van der Waals surface area (Å²) in [5, 5.41) is 3.74. The second kappa shape index (κ2) is 6.46. The molecule has 0 saturated carbocycles. The monoisotopic (exact) mass is 211 g/mol. The number of hydrogen-bond donors (Lipinski definition) is 1. The van der Waals surface area contributed by atoms with Crippen LogP contribution in [0.4, 0.5) is 0 Å². The minimum atomic E-state index is 0.587. The molecule has 0 aliphatic heterocycles. The van der Waals surface area contributed by atoms with Gasteiger partial charge >= 0.3 is 0 Å². The Balaban J connectivity index is 2.28. The van der Waals surface area contributed by atoms with Crippen molar-refractivity contribution < 1.29 is 4.74 Å².